The smallest absolute Gasteiger partial charge is 0.223 e. The molecule has 5 nitrogen and oxygen atoms in total. The van der Waals surface area contributed by atoms with Gasteiger partial charge in [0.2, 0.25) is 5.91 Å². The SMILES string of the molecule is CCc1n[nH]c2c1CN(C(=O)C[C@H]1CCOC1)CC2. The third-order valence-corrected chi connectivity index (χ3v) is 4.19. The van der Waals surface area contributed by atoms with Crippen LogP contribution in [-0.4, -0.2) is 40.8 Å². The van der Waals surface area contributed by atoms with Gasteiger partial charge in [-0.15, -0.1) is 0 Å². The van der Waals surface area contributed by atoms with E-state index in [0.29, 0.717) is 12.3 Å². The molecule has 1 aromatic heterocycles. The summed E-state index contributed by atoms with van der Waals surface area (Å²) in [5.41, 5.74) is 3.56. The van der Waals surface area contributed by atoms with Crippen LogP contribution in [0.3, 0.4) is 0 Å². The first-order chi connectivity index (χ1) is 9.28. The van der Waals surface area contributed by atoms with E-state index in [0.717, 1.165) is 51.3 Å². The van der Waals surface area contributed by atoms with Crippen LogP contribution in [0.4, 0.5) is 0 Å². The average Bonchev–Trinajstić information content (AvgIpc) is 3.06. The largest absolute Gasteiger partial charge is 0.381 e. The Morgan fingerprint density at radius 1 is 1.58 bits per heavy atom. The minimum absolute atomic E-state index is 0.268. The fraction of sp³-hybridized carbons (Fsp3) is 0.714. The third-order valence-electron chi connectivity index (χ3n) is 4.19. The molecule has 2 aliphatic rings. The van der Waals surface area contributed by atoms with Crippen LogP contribution >= 0.6 is 0 Å². The Kier molecular flexibility index (Phi) is 3.55. The molecule has 104 valence electrons. The van der Waals surface area contributed by atoms with Crippen LogP contribution in [-0.2, 0) is 28.9 Å². The Labute approximate surface area is 113 Å². The predicted octanol–water partition coefficient (Wildman–Crippen LogP) is 1.28. The monoisotopic (exact) mass is 263 g/mol. The van der Waals surface area contributed by atoms with Crippen LogP contribution < -0.4 is 0 Å². The molecule has 1 atom stereocenters. The van der Waals surface area contributed by atoms with Crippen LogP contribution in [0.2, 0.25) is 0 Å². The molecule has 0 aliphatic carbocycles. The first-order valence-corrected chi connectivity index (χ1v) is 7.18. The van der Waals surface area contributed by atoms with Crippen LogP contribution in [0.5, 0.6) is 0 Å². The second-order valence-electron chi connectivity index (χ2n) is 5.48. The van der Waals surface area contributed by atoms with Gasteiger partial charge in [0.1, 0.15) is 0 Å². The number of ether oxygens (including phenoxy) is 1. The van der Waals surface area contributed by atoms with Gasteiger partial charge in [-0.05, 0) is 18.8 Å². The summed E-state index contributed by atoms with van der Waals surface area (Å²) >= 11 is 0. The van der Waals surface area contributed by atoms with E-state index in [-0.39, 0.29) is 5.91 Å². The number of carbonyl (C=O) groups excluding carboxylic acids is 1. The number of nitrogens with zero attached hydrogens (tertiary/aromatic N) is 2. The molecule has 1 saturated heterocycles. The van der Waals surface area contributed by atoms with Gasteiger partial charge in [-0.1, -0.05) is 6.92 Å². The molecule has 0 saturated carbocycles. The summed E-state index contributed by atoms with van der Waals surface area (Å²) in [6, 6.07) is 0. The maximum absolute atomic E-state index is 12.3. The number of carbonyl (C=O) groups is 1. The van der Waals surface area contributed by atoms with Crippen molar-refractivity contribution in [3.05, 3.63) is 17.0 Å². The van der Waals surface area contributed by atoms with E-state index in [9.17, 15) is 4.79 Å². The highest BCUT2D eigenvalue weighted by atomic mass is 16.5. The molecule has 1 aromatic rings. The number of aromatic nitrogens is 2. The first-order valence-electron chi connectivity index (χ1n) is 7.18. The van der Waals surface area contributed by atoms with Gasteiger partial charge in [0.15, 0.2) is 0 Å². The molecule has 1 fully saturated rings. The van der Waals surface area contributed by atoms with Gasteiger partial charge in [-0.2, -0.15) is 5.10 Å². The van der Waals surface area contributed by atoms with E-state index in [1.807, 2.05) is 4.90 Å². The lowest BCUT2D eigenvalue weighted by Gasteiger charge is -2.28. The molecule has 0 radical (unpaired) electrons. The Morgan fingerprint density at radius 2 is 2.47 bits per heavy atom. The number of nitrogens with one attached hydrogen (secondary N) is 1. The van der Waals surface area contributed by atoms with Crippen LogP contribution in [0.25, 0.3) is 0 Å². The maximum Gasteiger partial charge on any atom is 0.223 e. The minimum atomic E-state index is 0.268. The van der Waals surface area contributed by atoms with Gasteiger partial charge >= 0.3 is 0 Å². The van der Waals surface area contributed by atoms with Crippen molar-refractivity contribution in [2.24, 2.45) is 5.92 Å². The zero-order chi connectivity index (χ0) is 13.2. The number of fused-ring (bicyclic) bond motifs is 1. The summed E-state index contributed by atoms with van der Waals surface area (Å²) in [5.74, 6) is 0.688. The number of rotatable bonds is 3. The Bertz CT molecular complexity index is 450. The molecule has 0 spiro atoms. The quantitative estimate of drug-likeness (QED) is 0.894. The molecule has 1 N–H and O–H groups in total. The topological polar surface area (TPSA) is 58.2 Å². The molecular formula is C14H21N3O2. The van der Waals surface area contributed by atoms with Crippen molar-refractivity contribution in [3.8, 4) is 0 Å². The normalized spacial score (nSPS) is 22.6. The molecule has 19 heavy (non-hydrogen) atoms. The summed E-state index contributed by atoms with van der Waals surface area (Å²) in [4.78, 5) is 14.3. The van der Waals surface area contributed by atoms with Crippen molar-refractivity contribution < 1.29 is 9.53 Å². The fourth-order valence-corrected chi connectivity index (χ4v) is 2.98. The molecule has 2 aliphatic heterocycles. The lowest BCUT2D eigenvalue weighted by atomic mass is 10.0. The lowest BCUT2D eigenvalue weighted by Crippen LogP contribution is -2.37. The van der Waals surface area contributed by atoms with E-state index in [1.165, 1.54) is 11.3 Å². The average molecular weight is 263 g/mol. The predicted molar refractivity (Wildman–Crippen MR) is 70.6 cm³/mol. The second kappa shape index (κ2) is 5.33. The van der Waals surface area contributed by atoms with E-state index >= 15 is 0 Å². The summed E-state index contributed by atoms with van der Waals surface area (Å²) in [6.07, 6.45) is 3.48. The third kappa shape index (κ3) is 2.52. The molecular weight excluding hydrogens is 242 g/mol. The summed E-state index contributed by atoms with van der Waals surface area (Å²) in [6.45, 7) is 5.19. The maximum atomic E-state index is 12.3. The highest BCUT2D eigenvalue weighted by molar-refractivity contribution is 5.76. The standard InChI is InChI=1S/C14H21N3O2/c1-2-12-11-8-17(5-3-13(11)16-15-12)14(18)7-10-4-6-19-9-10/h10H,2-9H2,1H3,(H,15,16)/t10-/m1/s1. The van der Waals surface area contributed by atoms with Crippen molar-refractivity contribution in [2.45, 2.75) is 39.2 Å². The first kappa shape index (κ1) is 12.7. The number of amides is 1. The van der Waals surface area contributed by atoms with Gasteiger partial charge < -0.3 is 9.64 Å². The van der Waals surface area contributed by atoms with Crippen molar-refractivity contribution in [2.75, 3.05) is 19.8 Å². The Morgan fingerprint density at radius 3 is 3.21 bits per heavy atom. The van der Waals surface area contributed by atoms with Gasteiger partial charge in [-0.25, -0.2) is 0 Å². The number of hydrogen-bond acceptors (Lipinski definition) is 3. The number of aryl methyl sites for hydroxylation is 1. The molecule has 1 amide bonds. The molecule has 3 heterocycles. The molecule has 3 rings (SSSR count). The van der Waals surface area contributed by atoms with Crippen molar-refractivity contribution in [1.82, 2.24) is 15.1 Å². The number of H-pyrrole nitrogens is 1. The van der Waals surface area contributed by atoms with Crippen LogP contribution in [0.1, 0.15) is 36.7 Å². The van der Waals surface area contributed by atoms with E-state index in [4.69, 9.17) is 4.74 Å². The number of hydrogen-bond donors (Lipinski definition) is 1. The van der Waals surface area contributed by atoms with Gasteiger partial charge in [0, 0.05) is 50.4 Å². The minimum Gasteiger partial charge on any atom is -0.381 e. The van der Waals surface area contributed by atoms with Crippen molar-refractivity contribution >= 4 is 5.91 Å². The van der Waals surface area contributed by atoms with Crippen LogP contribution in [0, 0.1) is 5.92 Å². The highest BCUT2D eigenvalue weighted by Crippen LogP contribution is 2.23. The van der Waals surface area contributed by atoms with Gasteiger partial charge in [0.25, 0.3) is 0 Å². The van der Waals surface area contributed by atoms with E-state index in [1.54, 1.807) is 0 Å². The molecule has 5 heteroatoms. The summed E-state index contributed by atoms with van der Waals surface area (Å²) in [5, 5.41) is 7.43. The fourth-order valence-electron chi connectivity index (χ4n) is 2.98. The van der Waals surface area contributed by atoms with E-state index < -0.39 is 0 Å². The van der Waals surface area contributed by atoms with Crippen molar-refractivity contribution in [3.63, 3.8) is 0 Å². The number of aromatic amines is 1. The molecule has 0 aromatic carbocycles. The zero-order valence-electron chi connectivity index (χ0n) is 11.4. The molecule has 0 unspecified atom stereocenters. The Balaban J connectivity index is 1.65. The second-order valence-corrected chi connectivity index (χ2v) is 5.48. The Hall–Kier alpha value is -1.36. The van der Waals surface area contributed by atoms with Gasteiger partial charge in [-0.3, -0.25) is 9.89 Å². The van der Waals surface area contributed by atoms with Gasteiger partial charge in [0.05, 0.1) is 5.69 Å². The van der Waals surface area contributed by atoms with Crippen molar-refractivity contribution in [1.29, 1.82) is 0 Å². The van der Waals surface area contributed by atoms with E-state index in [2.05, 4.69) is 17.1 Å². The zero-order valence-corrected chi connectivity index (χ0v) is 11.4. The summed E-state index contributed by atoms with van der Waals surface area (Å²) < 4.78 is 5.34. The summed E-state index contributed by atoms with van der Waals surface area (Å²) in [7, 11) is 0. The lowest BCUT2D eigenvalue weighted by molar-refractivity contribution is -0.133. The van der Waals surface area contributed by atoms with Crippen LogP contribution in [0.15, 0.2) is 0 Å². The highest BCUT2D eigenvalue weighted by Gasteiger charge is 2.27. The molecule has 0 bridgehead atoms.